The van der Waals surface area contributed by atoms with Gasteiger partial charge in [-0.1, -0.05) is 0 Å². The Balaban J connectivity index is 0.00000304. The molecule has 2 aromatic heterocycles. The average Bonchev–Trinajstić information content (AvgIpc) is 3.28. The number of carbonyl (C=O) groups is 1. The van der Waals surface area contributed by atoms with Gasteiger partial charge in [-0.2, -0.15) is 0 Å². The van der Waals surface area contributed by atoms with Crippen LogP contribution in [0.15, 0.2) is 18.3 Å². The largest absolute Gasteiger partial charge is 0.493 e. The summed E-state index contributed by atoms with van der Waals surface area (Å²) in [4.78, 5) is 26.3. The number of hydrogen-bond donors (Lipinski definition) is 1. The van der Waals surface area contributed by atoms with Gasteiger partial charge in [-0.25, -0.2) is 18.6 Å². The Morgan fingerprint density at radius 1 is 1.08 bits per heavy atom. The average molecular weight is 568 g/mol. The highest BCUT2D eigenvalue weighted by atomic mass is 79.9. The molecule has 3 aromatic rings. The summed E-state index contributed by atoms with van der Waals surface area (Å²) in [5, 5.41) is 0.796. The second-order valence-electron chi connectivity index (χ2n) is 8.45. The van der Waals surface area contributed by atoms with E-state index in [1.807, 2.05) is 13.0 Å². The maximum atomic E-state index is 15.2. The number of benzene rings is 1. The zero-order valence-corrected chi connectivity index (χ0v) is 22.0. The summed E-state index contributed by atoms with van der Waals surface area (Å²) in [5.74, 6) is -2.37. The summed E-state index contributed by atoms with van der Waals surface area (Å²) in [5.41, 5.74) is 2.49. The molecule has 9 nitrogen and oxygen atoms in total. The molecule has 0 atom stereocenters. The first-order valence-electron chi connectivity index (χ1n) is 11.4. The highest BCUT2D eigenvalue weighted by molar-refractivity contribution is 8.93. The van der Waals surface area contributed by atoms with Gasteiger partial charge in [0.25, 0.3) is 0 Å². The van der Waals surface area contributed by atoms with Crippen molar-refractivity contribution in [2.75, 3.05) is 56.9 Å². The van der Waals surface area contributed by atoms with Crippen molar-refractivity contribution in [2.24, 2.45) is 0 Å². The standard InChI is InChI=1S/C24H27F2N5O4.BrH/c1-4-30-21-14(11-27-23-16(21)9-15(28-23)13-29-5-7-35-8-6-29)12-31(24(30)32)22-19(25)17(33-2)10-18(34-3)20(22)26;/h9-11H,4-8,12-13H2,1-3H3,(H,27,28);1H. The number of hydrogen-bond acceptors (Lipinski definition) is 6. The Morgan fingerprint density at radius 3 is 2.36 bits per heavy atom. The number of amides is 2. The molecule has 36 heavy (non-hydrogen) atoms. The van der Waals surface area contributed by atoms with E-state index in [9.17, 15) is 4.79 Å². The van der Waals surface area contributed by atoms with Gasteiger partial charge in [0, 0.05) is 55.1 Å². The number of rotatable bonds is 6. The molecule has 0 saturated carbocycles. The highest BCUT2D eigenvalue weighted by Gasteiger charge is 2.37. The molecule has 0 unspecified atom stereocenters. The van der Waals surface area contributed by atoms with E-state index in [0.29, 0.717) is 43.2 Å². The van der Waals surface area contributed by atoms with Crippen molar-refractivity contribution < 1.29 is 27.8 Å². The molecule has 1 aromatic carbocycles. The van der Waals surface area contributed by atoms with Crippen LogP contribution in [0.3, 0.4) is 0 Å². The SMILES string of the molecule is Br.CCN1C(=O)N(c2c(F)c(OC)cc(OC)c2F)Cc2cnc3[nH]c(CN4CCOCC4)cc3c21. The summed E-state index contributed by atoms with van der Waals surface area (Å²) in [6.07, 6.45) is 1.64. The number of anilines is 2. The third kappa shape index (κ3) is 4.37. The van der Waals surface area contributed by atoms with Crippen LogP contribution in [0.1, 0.15) is 18.2 Å². The number of aromatic amines is 1. The lowest BCUT2D eigenvalue weighted by atomic mass is 10.1. The van der Waals surface area contributed by atoms with Crippen LogP contribution in [-0.4, -0.2) is 68.0 Å². The monoisotopic (exact) mass is 567 g/mol. The highest BCUT2D eigenvalue weighted by Crippen LogP contribution is 2.42. The van der Waals surface area contributed by atoms with Gasteiger partial charge in [-0.3, -0.25) is 14.7 Å². The van der Waals surface area contributed by atoms with Crippen molar-refractivity contribution in [3.63, 3.8) is 0 Å². The quantitative estimate of drug-likeness (QED) is 0.480. The van der Waals surface area contributed by atoms with Gasteiger partial charge >= 0.3 is 6.03 Å². The zero-order chi connectivity index (χ0) is 24.7. The molecule has 1 saturated heterocycles. The molecule has 2 aliphatic heterocycles. The lowest BCUT2D eigenvalue weighted by Gasteiger charge is -2.37. The maximum Gasteiger partial charge on any atom is 0.329 e. The topological polar surface area (TPSA) is 83.2 Å². The third-order valence-corrected chi connectivity index (χ3v) is 6.46. The molecule has 12 heteroatoms. The van der Waals surface area contributed by atoms with Crippen LogP contribution in [0.4, 0.5) is 25.0 Å². The van der Waals surface area contributed by atoms with Crippen LogP contribution >= 0.6 is 17.0 Å². The van der Waals surface area contributed by atoms with Crippen molar-refractivity contribution in [1.29, 1.82) is 0 Å². The second kappa shape index (κ2) is 10.6. The van der Waals surface area contributed by atoms with E-state index in [4.69, 9.17) is 14.2 Å². The lowest BCUT2D eigenvalue weighted by Crippen LogP contribution is -2.48. The van der Waals surface area contributed by atoms with Crippen LogP contribution in [0.2, 0.25) is 0 Å². The van der Waals surface area contributed by atoms with E-state index in [1.54, 1.807) is 6.20 Å². The van der Waals surface area contributed by atoms with Crippen LogP contribution in [0.5, 0.6) is 11.5 Å². The molecule has 1 fully saturated rings. The fraction of sp³-hybridized carbons (Fsp3) is 0.417. The summed E-state index contributed by atoms with van der Waals surface area (Å²) >= 11 is 0. The van der Waals surface area contributed by atoms with E-state index in [1.165, 1.54) is 19.1 Å². The van der Waals surface area contributed by atoms with Gasteiger partial charge in [0.1, 0.15) is 11.3 Å². The molecule has 5 rings (SSSR count). The maximum absolute atomic E-state index is 15.2. The van der Waals surface area contributed by atoms with Gasteiger partial charge in [0.05, 0.1) is 39.7 Å². The molecule has 0 bridgehead atoms. The molecule has 0 spiro atoms. The first-order valence-corrected chi connectivity index (χ1v) is 11.4. The normalized spacial score (nSPS) is 16.2. The van der Waals surface area contributed by atoms with Crippen molar-refractivity contribution in [3.8, 4) is 11.5 Å². The number of pyridine rings is 1. The van der Waals surface area contributed by atoms with Crippen molar-refractivity contribution in [2.45, 2.75) is 20.0 Å². The second-order valence-corrected chi connectivity index (χ2v) is 8.45. The first kappa shape index (κ1) is 26.1. The fourth-order valence-electron chi connectivity index (χ4n) is 4.73. The smallest absolute Gasteiger partial charge is 0.329 e. The lowest BCUT2D eigenvalue weighted by molar-refractivity contribution is 0.0337. The van der Waals surface area contributed by atoms with E-state index in [2.05, 4.69) is 14.9 Å². The predicted molar refractivity (Wildman–Crippen MR) is 137 cm³/mol. The minimum absolute atomic E-state index is 0. The van der Waals surface area contributed by atoms with Crippen molar-refractivity contribution in [3.05, 3.63) is 41.2 Å². The molecule has 2 amide bonds. The summed E-state index contributed by atoms with van der Waals surface area (Å²) < 4.78 is 46.0. The van der Waals surface area contributed by atoms with Crippen molar-refractivity contribution in [1.82, 2.24) is 14.9 Å². The number of ether oxygens (including phenoxy) is 3. The number of carbonyl (C=O) groups excluding carboxylic acids is 1. The molecule has 0 aliphatic carbocycles. The number of methoxy groups -OCH3 is 2. The van der Waals surface area contributed by atoms with Crippen LogP contribution < -0.4 is 19.3 Å². The summed E-state index contributed by atoms with van der Waals surface area (Å²) in [6.45, 7) is 5.86. The number of morpholine rings is 1. The van der Waals surface area contributed by atoms with Gasteiger partial charge < -0.3 is 19.2 Å². The Labute approximate surface area is 217 Å². The van der Waals surface area contributed by atoms with E-state index in [-0.39, 0.29) is 35.0 Å². The summed E-state index contributed by atoms with van der Waals surface area (Å²) in [7, 11) is 2.54. The number of nitrogens with one attached hydrogen (secondary N) is 1. The summed E-state index contributed by atoms with van der Waals surface area (Å²) in [6, 6.07) is 2.57. The van der Waals surface area contributed by atoms with Gasteiger partial charge in [-0.05, 0) is 13.0 Å². The molecule has 4 heterocycles. The molecular weight excluding hydrogens is 540 g/mol. The number of halogens is 3. The molecular formula is C24H28BrF2N5O4. The van der Waals surface area contributed by atoms with Gasteiger partial charge in [0.2, 0.25) is 0 Å². The van der Waals surface area contributed by atoms with Gasteiger partial charge in [-0.15, -0.1) is 17.0 Å². The van der Waals surface area contributed by atoms with Crippen LogP contribution in [-0.2, 0) is 17.8 Å². The predicted octanol–water partition coefficient (Wildman–Crippen LogP) is 4.23. The molecule has 2 aliphatic rings. The Kier molecular flexibility index (Phi) is 7.67. The van der Waals surface area contributed by atoms with E-state index >= 15 is 8.78 Å². The molecule has 1 N–H and O–H groups in total. The van der Waals surface area contributed by atoms with E-state index in [0.717, 1.165) is 35.1 Å². The van der Waals surface area contributed by atoms with Crippen molar-refractivity contribution >= 4 is 45.4 Å². The fourth-order valence-corrected chi connectivity index (χ4v) is 4.73. The van der Waals surface area contributed by atoms with Crippen LogP contribution in [0.25, 0.3) is 11.0 Å². The molecule has 194 valence electrons. The minimum atomic E-state index is -0.970. The number of urea groups is 1. The Bertz CT molecular complexity index is 1250. The molecule has 0 radical (unpaired) electrons. The number of fused-ring (bicyclic) bond motifs is 3. The number of nitrogens with zero attached hydrogens (tertiary/aromatic N) is 4. The minimum Gasteiger partial charge on any atom is -0.493 e. The van der Waals surface area contributed by atoms with E-state index < -0.39 is 23.4 Å². The first-order chi connectivity index (χ1) is 17.0. The Hall–Kier alpha value is -2.96. The Morgan fingerprint density at radius 2 is 1.75 bits per heavy atom. The zero-order valence-electron chi connectivity index (χ0n) is 20.3. The van der Waals surface area contributed by atoms with Gasteiger partial charge in [0.15, 0.2) is 23.1 Å². The van der Waals surface area contributed by atoms with Crippen LogP contribution in [0, 0.1) is 11.6 Å². The number of H-pyrrole nitrogens is 1. The third-order valence-electron chi connectivity index (χ3n) is 6.46. The number of aromatic nitrogens is 2.